The van der Waals surface area contributed by atoms with E-state index in [2.05, 4.69) is 11.4 Å². The third-order valence-corrected chi connectivity index (χ3v) is 4.76. The number of amides is 1. The highest BCUT2D eigenvalue weighted by atomic mass is 32.2. The van der Waals surface area contributed by atoms with Crippen LogP contribution < -0.4 is 5.32 Å². The van der Waals surface area contributed by atoms with Gasteiger partial charge in [-0.1, -0.05) is 36.0 Å². The first-order valence-electron chi connectivity index (χ1n) is 7.90. The average Bonchev–Trinajstić information content (AvgIpc) is 3.44. The fourth-order valence-corrected chi connectivity index (χ4v) is 3.21. The predicted octanol–water partition coefficient (Wildman–Crippen LogP) is 3.14. The summed E-state index contributed by atoms with van der Waals surface area (Å²) in [5, 5.41) is 12.0. The highest BCUT2D eigenvalue weighted by molar-refractivity contribution is 7.99. The fourth-order valence-electron chi connectivity index (χ4n) is 2.20. The number of nitriles is 1. The van der Waals surface area contributed by atoms with E-state index in [0.717, 1.165) is 17.7 Å². The van der Waals surface area contributed by atoms with Crippen LogP contribution in [-0.4, -0.2) is 24.5 Å². The Labute approximate surface area is 150 Å². The molecule has 5 nitrogen and oxygen atoms in total. The van der Waals surface area contributed by atoms with Crippen molar-refractivity contribution in [1.82, 2.24) is 5.32 Å². The number of rotatable bonds is 6. The Hall–Kier alpha value is -2.78. The van der Waals surface area contributed by atoms with E-state index in [1.165, 1.54) is 11.8 Å². The van der Waals surface area contributed by atoms with Crippen LogP contribution in [-0.2, 0) is 9.53 Å². The molecule has 1 fully saturated rings. The molecule has 6 heteroatoms. The van der Waals surface area contributed by atoms with E-state index in [9.17, 15) is 14.9 Å². The normalized spacial score (nSPS) is 12.9. The molecule has 1 amide bonds. The number of nitrogens with zero attached hydrogens (tertiary/aromatic N) is 1. The lowest BCUT2D eigenvalue weighted by Crippen LogP contribution is -2.30. The van der Waals surface area contributed by atoms with Crippen LogP contribution in [0.1, 0.15) is 28.8 Å². The molecular formula is C19H16N2O3S. The zero-order valence-corrected chi connectivity index (χ0v) is 14.2. The third kappa shape index (κ3) is 4.61. The van der Waals surface area contributed by atoms with Gasteiger partial charge in [-0.05, 0) is 37.1 Å². The maximum atomic E-state index is 12.3. The van der Waals surface area contributed by atoms with Crippen molar-refractivity contribution in [1.29, 1.82) is 5.26 Å². The van der Waals surface area contributed by atoms with Gasteiger partial charge in [0.2, 0.25) is 0 Å². The lowest BCUT2D eigenvalue weighted by atomic mass is 10.2. The summed E-state index contributed by atoms with van der Waals surface area (Å²) in [6.45, 7) is -0.289. The van der Waals surface area contributed by atoms with Gasteiger partial charge in [-0.25, -0.2) is 4.79 Å². The van der Waals surface area contributed by atoms with Crippen LogP contribution in [0.5, 0.6) is 0 Å². The molecule has 2 aromatic carbocycles. The number of carbonyl (C=O) groups is 2. The summed E-state index contributed by atoms with van der Waals surface area (Å²) in [7, 11) is 0. The van der Waals surface area contributed by atoms with E-state index < -0.39 is 5.97 Å². The van der Waals surface area contributed by atoms with Gasteiger partial charge in [-0.2, -0.15) is 5.26 Å². The van der Waals surface area contributed by atoms with Gasteiger partial charge in [-0.3, -0.25) is 4.79 Å². The van der Waals surface area contributed by atoms with Crippen molar-refractivity contribution in [2.24, 2.45) is 0 Å². The lowest BCUT2D eigenvalue weighted by Gasteiger charge is -2.10. The van der Waals surface area contributed by atoms with Crippen LogP contribution in [0.15, 0.2) is 58.3 Å². The van der Waals surface area contributed by atoms with Gasteiger partial charge in [0.1, 0.15) is 6.07 Å². The van der Waals surface area contributed by atoms with E-state index >= 15 is 0 Å². The van der Waals surface area contributed by atoms with Crippen LogP contribution in [0.3, 0.4) is 0 Å². The first-order chi connectivity index (χ1) is 12.2. The van der Waals surface area contributed by atoms with Crippen LogP contribution >= 0.6 is 11.8 Å². The number of benzene rings is 2. The molecular weight excluding hydrogens is 336 g/mol. The van der Waals surface area contributed by atoms with E-state index in [-0.39, 0.29) is 18.6 Å². The number of hydrogen-bond donors (Lipinski definition) is 1. The molecule has 0 spiro atoms. The lowest BCUT2D eigenvalue weighted by molar-refractivity contribution is -0.124. The standard InChI is InChI=1S/C19H16N2O3S/c20-11-13-5-1-3-7-16(13)25-17-8-4-2-6-15(17)19(23)24-12-18(22)21-14-9-10-14/h1-8,14H,9-10,12H2,(H,21,22). The largest absolute Gasteiger partial charge is 0.452 e. The minimum atomic E-state index is -0.552. The highest BCUT2D eigenvalue weighted by Gasteiger charge is 2.24. The van der Waals surface area contributed by atoms with Crippen molar-refractivity contribution in [3.63, 3.8) is 0 Å². The van der Waals surface area contributed by atoms with Gasteiger partial charge in [-0.15, -0.1) is 0 Å². The first kappa shape index (κ1) is 17.1. The van der Waals surface area contributed by atoms with Crippen LogP contribution in [0.2, 0.25) is 0 Å². The molecule has 0 radical (unpaired) electrons. The third-order valence-electron chi connectivity index (χ3n) is 3.61. The summed E-state index contributed by atoms with van der Waals surface area (Å²) >= 11 is 1.32. The monoisotopic (exact) mass is 352 g/mol. The fraction of sp³-hybridized carbons (Fsp3) is 0.211. The molecule has 1 aliphatic carbocycles. The molecule has 1 N–H and O–H groups in total. The molecule has 0 aromatic heterocycles. The van der Waals surface area contributed by atoms with Crippen molar-refractivity contribution in [3.05, 3.63) is 59.7 Å². The van der Waals surface area contributed by atoms with Crippen molar-refractivity contribution < 1.29 is 14.3 Å². The Morgan fingerprint density at radius 2 is 1.80 bits per heavy atom. The molecule has 0 saturated heterocycles. The predicted molar refractivity (Wildman–Crippen MR) is 93.2 cm³/mol. The molecule has 0 aliphatic heterocycles. The molecule has 3 rings (SSSR count). The molecule has 1 aliphatic rings. The molecule has 0 atom stereocenters. The average molecular weight is 352 g/mol. The summed E-state index contributed by atoms with van der Waals surface area (Å²) in [6.07, 6.45) is 1.97. The molecule has 1 saturated carbocycles. The Bertz CT molecular complexity index is 841. The van der Waals surface area contributed by atoms with Gasteiger partial charge in [0.25, 0.3) is 5.91 Å². The van der Waals surface area contributed by atoms with Crippen LogP contribution in [0.25, 0.3) is 0 Å². The second-order valence-electron chi connectivity index (χ2n) is 5.62. The maximum absolute atomic E-state index is 12.3. The minimum Gasteiger partial charge on any atom is -0.452 e. The Kier molecular flexibility index (Phi) is 5.36. The van der Waals surface area contributed by atoms with E-state index in [1.54, 1.807) is 30.3 Å². The highest BCUT2D eigenvalue weighted by Crippen LogP contribution is 2.32. The smallest absolute Gasteiger partial charge is 0.339 e. The van der Waals surface area contributed by atoms with Gasteiger partial charge in [0.05, 0.1) is 11.1 Å². The maximum Gasteiger partial charge on any atom is 0.339 e. The Balaban J connectivity index is 1.70. The quantitative estimate of drug-likeness (QED) is 0.808. The number of carbonyl (C=O) groups excluding carboxylic acids is 2. The van der Waals surface area contributed by atoms with Gasteiger partial charge >= 0.3 is 5.97 Å². The number of nitrogens with one attached hydrogen (secondary N) is 1. The van der Waals surface area contributed by atoms with Crippen molar-refractivity contribution >= 4 is 23.6 Å². The number of ether oxygens (including phenoxy) is 1. The van der Waals surface area contributed by atoms with Gasteiger partial charge in [0, 0.05) is 15.8 Å². The van der Waals surface area contributed by atoms with E-state index in [4.69, 9.17) is 4.74 Å². The molecule has 0 heterocycles. The summed E-state index contributed by atoms with van der Waals surface area (Å²) in [5.74, 6) is -0.834. The van der Waals surface area contributed by atoms with Crippen LogP contribution in [0.4, 0.5) is 0 Å². The summed E-state index contributed by atoms with van der Waals surface area (Å²) in [5.41, 5.74) is 0.916. The topological polar surface area (TPSA) is 79.2 Å². The van der Waals surface area contributed by atoms with Gasteiger partial charge < -0.3 is 10.1 Å². The second kappa shape index (κ2) is 7.86. The van der Waals surface area contributed by atoms with Crippen LogP contribution in [0, 0.1) is 11.3 Å². The summed E-state index contributed by atoms with van der Waals surface area (Å²) < 4.78 is 5.12. The Morgan fingerprint density at radius 3 is 2.52 bits per heavy atom. The minimum absolute atomic E-state index is 0.233. The SMILES string of the molecule is N#Cc1ccccc1Sc1ccccc1C(=O)OCC(=O)NC1CC1. The van der Waals surface area contributed by atoms with E-state index in [1.807, 2.05) is 18.2 Å². The zero-order chi connectivity index (χ0) is 17.6. The Morgan fingerprint density at radius 1 is 1.12 bits per heavy atom. The molecule has 25 heavy (non-hydrogen) atoms. The second-order valence-corrected chi connectivity index (χ2v) is 6.71. The van der Waals surface area contributed by atoms with Gasteiger partial charge in [0.15, 0.2) is 6.61 Å². The van der Waals surface area contributed by atoms with E-state index in [0.29, 0.717) is 16.0 Å². The van der Waals surface area contributed by atoms with Crippen molar-refractivity contribution in [2.45, 2.75) is 28.7 Å². The number of hydrogen-bond acceptors (Lipinski definition) is 5. The first-order valence-corrected chi connectivity index (χ1v) is 8.71. The molecule has 2 aromatic rings. The van der Waals surface area contributed by atoms with Crippen molar-refractivity contribution in [3.8, 4) is 6.07 Å². The molecule has 126 valence electrons. The number of esters is 1. The summed E-state index contributed by atoms with van der Waals surface area (Å²) in [4.78, 5) is 25.4. The van der Waals surface area contributed by atoms with Crippen molar-refractivity contribution in [2.75, 3.05) is 6.61 Å². The molecule has 0 unspecified atom stereocenters. The molecule has 0 bridgehead atoms. The zero-order valence-electron chi connectivity index (χ0n) is 13.4. The summed E-state index contributed by atoms with van der Waals surface area (Å²) in [6, 6.07) is 16.6.